The van der Waals surface area contributed by atoms with Crippen molar-refractivity contribution in [3.05, 3.63) is 51.3 Å². The molecule has 0 aliphatic heterocycles. The van der Waals surface area contributed by atoms with Gasteiger partial charge in [-0.1, -0.05) is 23.2 Å². The maximum absolute atomic E-state index is 12.1. The fraction of sp³-hybridized carbons (Fsp3) is 0.231. The lowest BCUT2D eigenvalue weighted by Crippen LogP contribution is -2.08. The zero-order valence-electron chi connectivity index (χ0n) is 10.1. The van der Waals surface area contributed by atoms with E-state index in [1.807, 2.05) is 6.92 Å². The minimum Gasteiger partial charge on any atom is -0.294 e. The quantitative estimate of drug-likeness (QED) is 0.808. The molecular formula is C13H12Cl2N2O. The van der Waals surface area contributed by atoms with Crippen LogP contribution in [0.3, 0.4) is 0 Å². The number of hydrogen-bond acceptors (Lipinski definition) is 2. The van der Waals surface area contributed by atoms with Gasteiger partial charge in [0.05, 0.1) is 22.8 Å². The fourth-order valence-corrected chi connectivity index (χ4v) is 2.11. The van der Waals surface area contributed by atoms with E-state index in [0.717, 1.165) is 11.4 Å². The molecule has 3 nitrogen and oxygen atoms in total. The summed E-state index contributed by atoms with van der Waals surface area (Å²) >= 11 is 11.9. The number of carbonyl (C=O) groups excluding carboxylic acids is 1. The van der Waals surface area contributed by atoms with Crippen LogP contribution in [0, 0.1) is 6.92 Å². The highest BCUT2D eigenvalue weighted by Gasteiger charge is 2.15. The van der Waals surface area contributed by atoms with Gasteiger partial charge in [0.15, 0.2) is 5.78 Å². The molecule has 94 valence electrons. The van der Waals surface area contributed by atoms with Crippen molar-refractivity contribution in [3.8, 4) is 0 Å². The lowest BCUT2D eigenvalue weighted by Gasteiger charge is -2.03. The molecule has 0 aliphatic rings. The van der Waals surface area contributed by atoms with Crippen molar-refractivity contribution >= 4 is 29.0 Å². The Balaban J connectivity index is 2.24. The van der Waals surface area contributed by atoms with E-state index < -0.39 is 0 Å². The van der Waals surface area contributed by atoms with E-state index in [1.54, 1.807) is 36.0 Å². The van der Waals surface area contributed by atoms with Crippen LogP contribution < -0.4 is 0 Å². The van der Waals surface area contributed by atoms with Gasteiger partial charge in [-0.05, 0) is 31.2 Å². The lowest BCUT2D eigenvalue weighted by molar-refractivity contribution is 0.0991. The molecule has 5 heteroatoms. The third-order valence-corrected chi connectivity index (χ3v) is 3.50. The Morgan fingerprint density at radius 3 is 2.39 bits per heavy atom. The minimum absolute atomic E-state index is 0.00318. The molecule has 0 saturated carbocycles. The molecule has 0 bridgehead atoms. The van der Waals surface area contributed by atoms with E-state index >= 15 is 0 Å². The summed E-state index contributed by atoms with van der Waals surface area (Å²) in [5, 5.41) is 5.35. The summed E-state index contributed by atoms with van der Waals surface area (Å²) in [6, 6.07) is 6.82. The highest BCUT2D eigenvalue weighted by Crippen LogP contribution is 2.21. The second kappa shape index (κ2) is 5.12. The largest absolute Gasteiger partial charge is 0.294 e. The molecule has 1 heterocycles. The molecule has 0 aliphatic carbocycles. The summed E-state index contributed by atoms with van der Waals surface area (Å²) in [5.74, 6) is -0.00318. The Kier molecular flexibility index (Phi) is 3.73. The number of ketones is 1. The molecule has 0 saturated heterocycles. The minimum atomic E-state index is -0.00318. The molecule has 2 rings (SSSR count). The second-order valence-corrected chi connectivity index (χ2v) is 4.89. The van der Waals surface area contributed by atoms with Gasteiger partial charge in [-0.3, -0.25) is 9.48 Å². The van der Waals surface area contributed by atoms with Crippen molar-refractivity contribution in [2.45, 2.75) is 13.3 Å². The van der Waals surface area contributed by atoms with Crippen molar-refractivity contribution < 1.29 is 4.79 Å². The summed E-state index contributed by atoms with van der Waals surface area (Å²) < 4.78 is 1.64. The molecule has 1 aromatic carbocycles. The van der Waals surface area contributed by atoms with Gasteiger partial charge in [-0.2, -0.15) is 5.10 Å². The Morgan fingerprint density at radius 2 is 1.89 bits per heavy atom. The summed E-state index contributed by atoms with van der Waals surface area (Å²) in [4.78, 5) is 12.1. The second-order valence-electron chi connectivity index (χ2n) is 4.08. The predicted octanol–water partition coefficient (Wildman–Crippen LogP) is 3.46. The smallest absolute Gasteiger partial charge is 0.168 e. The van der Waals surface area contributed by atoms with Crippen LogP contribution in [0.25, 0.3) is 0 Å². The van der Waals surface area contributed by atoms with E-state index in [-0.39, 0.29) is 12.2 Å². The Labute approximate surface area is 115 Å². The van der Waals surface area contributed by atoms with Crippen LogP contribution in [0.5, 0.6) is 0 Å². The first-order valence-electron chi connectivity index (χ1n) is 5.45. The van der Waals surface area contributed by atoms with E-state index in [4.69, 9.17) is 23.2 Å². The standard InChI is InChI=1S/C13H12Cl2N2O/c1-8-13(15)11(17(2)16-8)7-12(18)9-3-5-10(14)6-4-9/h3-6H,7H2,1-2H3. The maximum atomic E-state index is 12.1. The number of halogens is 2. The van der Waals surface area contributed by atoms with Crippen LogP contribution in [0.2, 0.25) is 10.0 Å². The van der Waals surface area contributed by atoms with E-state index in [0.29, 0.717) is 15.6 Å². The van der Waals surface area contributed by atoms with Crippen LogP contribution in [0.15, 0.2) is 24.3 Å². The number of hydrogen-bond donors (Lipinski definition) is 0. The van der Waals surface area contributed by atoms with E-state index in [1.165, 1.54) is 0 Å². The van der Waals surface area contributed by atoms with Gasteiger partial charge in [0.1, 0.15) is 0 Å². The molecule has 1 aromatic heterocycles. The van der Waals surface area contributed by atoms with Crippen molar-refractivity contribution in [1.29, 1.82) is 0 Å². The van der Waals surface area contributed by atoms with Crippen LogP contribution in [-0.4, -0.2) is 15.6 Å². The monoisotopic (exact) mass is 282 g/mol. The summed E-state index contributed by atoms with van der Waals surface area (Å²) in [6.07, 6.45) is 0.234. The molecule has 0 spiro atoms. The van der Waals surface area contributed by atoms with Crippen LogP contribution in [0.4, 0.5) is 0 Å². The first-order chi connectivity index (χ1) is 8.49. The molecule has 0 atom stereocenters. The molecular weight excluding hydrogens is 271 g/mol. The Hall–Kier alpha value is -1.32. The normalized spacial score (nSPS) is 10.7. The maximum Gasteiger partial charge on any atom is 0.168 e. The highest BCUT2D eigenvalue weighted by molar-refractivity contribution is 6.32. The van der Waals surface area contributed by atoms with Gasteiger partial charge in [-0.25, -0.2) is 0 Å². The third kappa shape index (κ3) is 2.57. The number of carbonyl (C=O) groups is 1. The van der Waals surface area contributed by atoms with Gasteiger partial charge in [0, 0.05) is 17.6 Å². The zero-order valence-corrected chi connectivity index (χ0v) is 11.6. The van der Waals surface area contributed by atoms with Gasteiger partial charge in [0.2, 0.25) is 0 Å². The number of aryl methyl sites for hydroxylation is 2. The van der Waals surface area contributed by atoms with Crippen LogP contribution in [-0.2, 0) is 13.5 Å². The molecule has 0 amide bonds. The zero-order chi connectivity index (χ0) is 13.3. The van der Waals surface area contributed by atoms with Crippen LogP contribution in [0.1, 0.15) is 21.7 Å². The van der Waals surface area contributed by atoms with E-state index in [2.05, 4.69) is 5.10 Å². The number of Topliss-reactive ketones (excluding diaryl/α,β-unsaturated/α-hetero) is 1. The summed E-state index contributed by atoms with van der Waals surface area (Å²) in [6.45, 7) is 1.82. The molecule has 18 heavy (non-hydrogen) atoms. The summed E-state index contributed by atoms with van der Waals surface area (Å²) in [5.41, 5.74) is 2.08. The van der Waals surface area contributed by atoms with Gasteiger partial charge >= 0.3 is 0 Å². The van der Waals surface area contributed by atoms with E-state index in [9.17, 15) is 4.79 Å². The number of nitrogens with zero attached hydrogens (tertiary/aromatic N) is 2. The lowest BCUT2D eigenvalue weighted by atomic mass is 10.1. The molecule has 0 radical (unpaired) electrons. The average molecular weight is 283 g/mol. The van der Waals surface area contributed by atoms with Crippen molar-refractivity contribution in [3.63, 3.8) is 0 Å². The highest BCUT2D eigenvalue weighted by atomic mass is 35.5. The first kappa shape index (κ1) is 13.1. The third-order valence-electron chi connectivity index (χ3n) is 2.76. The van der Waals surface area contributed by atoms with Crippen molar-refractivity contribution in [1.82, 2.24) is 9.78 Å². The Bertz CT molecular complexity index is 588. The molecule has 2 aromatic rings. The van der Waals surface area contributed by atoms with Crippen LogP contribution >= 0.6 is 23.2 Å². The number of benzene rings is 1. The Morgan fingerprint density at radius 1 is 1.28 bits per heavy atom. The van der Waals surface area contributed by atoms with Crippen molar-refractivity contribution in [2.75, 3.05) is 0 Å². The average Bonchev–Trinajstić information content (AvgIpc) is 2.57. The van der Waals surface area contributed by atoms with Gasteiger partial charge in [-0.15, -0.1) is 0 Å². The molecule has 0 unspecified atom stereocenters. The number of rotatable bonds is 3. The van der Waals surface area contributed by atoms with Gasteiger partial charge < -0.3 is 0 Å². The topological polar surface area (TPSA) is 34.9 Å². The summed E-state index contributed by atoms with van der Waals surface area (Å²) in [7, 11) is 1.78. The SMILES string of the molecule is Cc1nn(C)c(CC(=O)c2ccc(Cl)cc2)c1Cl. The number of aromatic nitrogens is 2. The predicted molar refractivity (Wildman–Crippen MR) is 72.4 cm³/mol. The van der Waals surface area contributed by atoms with Gasteiger partial charge in [0.25, 0.3) is 0 Å². The fourth-order valence-electron chi connectivity index (χ4n) is 1.76. The molecule has 0 N–H and O–H groups in total. The van der Waals surface area contributed by atoms with Crippen molar-refractivity contribution in [2.24, 2.45) is 7.05 Å². The first-order valence-corrected chi connectivity index (χ1v) is 6.21. The molecule has 0 fully saturated rings.